The molecule has 8 nitrogen and oxygen atoms in total. The zero-order chi connectivity index (χ0) is 23.4. The van der Waals surface area contributed by atoms with Crippen LogP contribution in [0.15, 0.2) is 54.9 Å². The fourth-order valence-corrected chi connectivity index (χ4v) is 4.20. The molecule has 0 saturated carbocycles. The molecule has 0 spiro atoms. The van der Waals surface area contributed by atoms with Gasteiger partial charge in [-0.3, -0.25) is 14.6 Å². The van der Waals surface area contributed by atoms with Crippen LogP contribution < -0.4 is 0 Å². The molecule has 33 heavy (non-hydrogen) atoms. The number of amides is 2. The van der Waals surface area contributed by atoms with Crippen LogP contribution in [0.4, 0.5) is 0 Å². The summed E-state index contributed by atoms with van der Waals surface area (Å²) in [7, 11) is 1.61. The Morgan fingerprint density at radius 3 is 2.61 bits per heavy atom. The van der Waals surface area contributed by atoms with Crippen molar-refractivity contribution in [2.75, 3.05) is 26.7 Å². The lowest BCUT2D eigenvalue weighted by Gasteiger charge is -2.23. The Labute approximate surface area is 193 Å². The van der Waals surface area contributed by atoms with Gasteiger partial charge in [0.05, 0.1) is 30.5 Å². The normalized spacial score (nSPS) is 16.7. The molecular weight excluding hydrogens is 418 g/mol. The average molecular weight is 448 g/mol. The highest BCUT2D eigenvalue weighted by atomic mass is 16.5. The third kappa shape index (κ3) is 5.12. The highest BCUT2D eigenvalue weighted by molar-refractivity contribution is 5.86. The molecule has 0 bridgehead atoms. The fourth-order valence-electron chi connectivity index (χ4n) is 4.20. The Morgan fingerprint density at radius 2 is 1.91 bits per heavy atom. The minimum Gasteiger partial charge on any atom is -0.378 e. The summed E-state index contributed by atoms with van der Waals surface area (Å²) in [5.41, 5.74) is 4.52. The molecule has 3 heterocycles. The van der Waals surface area contributed by atoms with Crippen LogP contribution in [0.3, 0.4) is 0 Å². The molecule has 1 fully saturated rings. The first kappa shape index (κ1) is 22.7. The first-order valence-corrected chi connectivity index (χ1v) is 11.0. The summed E-state index contributed by atoms with van der Waals surface area (Å²) < 4.78 is 7.47. The Bertz CT molecular complexity index is 1110. The lowest BCUT2D eigenvalue weighted by Crippen LogP contribution is -2.40. The zero-order valence-corrected chi connectivity index (χ0v) is 19.3. The van der Waals surface area contributed by atoms with Gasteiger partial charge in [0.1, 0.15) is 0 Å². The summed E-state index contributed by atoms with van der Waals surface area (Å²) in [6, 6.07) is 13.6. The molecule has 1 saturated heterocycles. The maximum Gasteiger partial charge on any atom is 0.242 e. The highest BCUT2D eigenvalue weighted by Gasteiger charge is 2.31. The van der Waals surface area contributed by atoms with Gasteiger partial charge < -0.3 is 14.5 Å². The number of carbonyl (C=O) groups excluding carboxylic acids is 2. The van der Waals surface area contributed by atoms with Crippen molar-refractivity contribution in [3.05, 3.63) is 77.4 Å². The van der Waals surface area contributed by atoms with Crippen LogP contribution in [-0.4, -0.2) is 69.2 Å². The summed E-state index contributed by atoms with van der Waals surface area (Å²) in [5.74, 6) is -0.201. The van der Waals surface area contributed by atoms with Crippen LogP contribution in [0.1, 0.15) is 22.5 Å². The maximum atomic E-state index is 13.3. The van der Waals surface area contributed by atoms with Gasteiger partial charge in [-0.15, -0.1) is 0 Å². The van der Waals surface area contributed by atoms with Crippen molar-refractivity contribution >= 4 is 11.8 Å². The third-order valence-electron chi connectivity index (χ3n) is 6.08. The van der Waals surface area contributed by atoms with E-state index in [-0.39, 0.29) is 30.9 Å². The van der Waals surface area contributed by atoms with E-state index < -0.39 is 0 Å². The number of ether oxygens (including phenoxy) is 1. The van der Waals surface area contributed by atoms with Crippen molar-refractivity contribution in [2.45, 2.75) is 32.9 Å². The summed E-state index contributed by atoms with van der Waals surface area (Å²) in [5, 5.41) is 4.64. The number of carbonyl (C=O) groups is 2. The first-order chi connectivity index (χ1) is 16.0. The van der Waals surface area contributed by atoms with E-state index in [1.807, 2.05) is 61.0 Å². The zero-order valence-electron chi connectivity index (χ0n) is 19.3. The lowest BCUT2D eigenvalue weighted by molar-refractivity contribution is -0.138. The standard InChI is InChI=1S/C25H29N5O3/c1-18-23(19(2)30(27-18)21-9-5-4-6-10-21)12-24(31)29-16-22(33-3)15-28(25(32)17-29)14-20-8-7-11-26-13-20/h4-11,13,22H,12,14-17H2,1-3H3. The van der Waals surface area contributed by atoms with Crippen LogP contribution in [0.25, 0.3) is 5.69 Å². The van der Waals surface area contributed by atoms with Crippen molar-refractivity contribution in [3.8, 4) is 5.69 Å². The van der Waals surface area contributed by atoms with Gasteiger partial charge in [-0.1, -0.05) is 24.3 Å². The summed E-state index contributed by atoms with van der Waals surface area (Å²) in [4.78, 5) is 33.8. The molecule has 1 aliphatic heterocycles. The second-order valence-electron chi connectivity index (χ2n) is 8.34. The topological polar surface area (TPSA) is 80.6 Å². The van der Waals surface area contributed by atoms with E-state index in [4.69, 9.17) is 4.74 Å². The Balaban J connectivity index is 1.50. The van der Waals surface area contributed by atoms with Crippen molar-refractivity contribution in [3.63, 3.8) is 0 Å². The monoisotopic (exact) mass is 447 g/mol. The molecule has 2 aromatic heterocycles. The molecule has 0 N–H and O–H groups in total. The number of benzene rings is 1. The van der Waals surface area contributed by atoms with Gasteiger partial charge in [-0.05, 0) is 37.6 Å². The summed E-state index contributed by atoms with van der Waals surface area (Å²) in [6.07, 6.45) is 3.39. The molecule has 2 amide bonds. The number of aromatic nitrogens is 3. The average Bonchev–Trinajstić information content (AvgIpc) is 3.00. The van der Waals surface area contributed by atoms with E-state index >= 15 is 0 Å². The van der Waals surface area contributed by atoms with Crippen LogP contribution in [-0.2, 0) is 27.3 Å². The second-order valence-corrected chi connectivity index (χ2v) is 8.34. The van der Waals surface area contributed by atoms with Crippen LogP contribution in [0.5, 0.6) is 0 Å². The quantitative estimate of drug-likeness (QED) is 0.579. The van der Waals surface area contributed by atoms with E-state index in [2.05, 4.69) is 10.1 Å². The van der Waals surface area contributed by atoms with Gasteiger partial charge in [0.2, 0.25) is 11.8 Å². The molecule has 172 valence electrons. The van der Waals surface area contributed by atoms with Gasteiger partial charge in [0.15, 0.2) is 0 Å². The third-order valence-corrected chi connectivity index (χ3v) is 6.08. The molecule has 8 heteroatoms. The summed E-state index contributed by atoms with van der Waals surface area (Å²) in [6.45, 7) is 5.15. The van der Waals surface area contributed by atoms with Gasteiger partial charge in [-0.2, -0.15) is 5.10 Å². The first-order valence-electron chi connectivity index (χ1n) is 11.0. The molecule has 3 aromatic rings. The number of methoxy groups -OCH3 is 1. The molecule has 4 rings (SSSR count). The van der Waals surface area contributed by atoms with E-state index in [0.29, 0.717) is 19.6 Å². The molecular formula is C25H29N5O3. The maximum absolute atomic E-state index is 13.3. The second kappa shape index (κ2) is 9.95. The van der Waals surface area contributed by atoms with Gasteiger partial charge in [0.25, 0.3) is 0 Å². The number of hydrogen-bond acceptors (Lipinski definition) is 5. The SMILES string of the molecule is COC1CN(C(=O)Cc2c(C)nn(-c3ccccc3)c2C)CC(=O)N(Cc2cccnc2)C1. The van der Waals surface area contributed by atoms with Gasteiger partial charge in [-0.25, -0.2) is 4.68 Å². The lowest BCUT2D eigenvalue weighted by atomic mass is 10.1. The highest BCUT2D eigenvalue weighted by Crippen LogP contribution is 2.20. The van der Waals surface area contributed by atoms with E-state index in [1.54, 1.807) is 29.3 Å². The molecule has 1 unspecified atom stereocenters. The minimum absolute atomic E-state index is 0.0316. The molecule has 1 aliphatic rings. The molecule has 1 aromatic carbocycles. The van der Waals surface area contributed by atoms with Crippen LogP contribution in [0.2, 0.25) is 0 Å². The van der Waals surface area contributed by atoms with Gasteiger partial charge >= 0.3 is 0 Å². The predicted octanol–water partition coefficient (Wildman–Crippen LogP) is 2.31. The predicted molar refractivity (Wildman–Crippen MR) is 124 cm³/mol. The Hall–Kier alpha value is -3.52. The largest absolute Gasteiger partial charge is 0.378 e. The smallest absolute Gasteiger partial charge is 0.242 e. The Kier molecular flexibility index (Phi) is 6.84. The molecule has 0 aliphatic carbocycles. The van der Waals surface area contributed by atoms with E-state index in [0.717, 1.165) is 28.2 Å². The number of rotatable bonds is 6. The van der Waals surface area contributed by atoms with Crippen molar-refractivity contribution in [1.82, 2.24) is 24.6 Å². The van der Waals surface area contributed by atoms with Crippen molar-refractivity contribution in [1.29, 1.82) is 0 Å². The number of pyridine rings is 1. The fraction of sp³-hybridized carbons (Fsp3) is 0.360. The number of aryl methyl sites for hydroxylation is 1. The van der Waals surface area contributed by atoms with Crippen molar-refractivity contribution < 1.29 is 14.3 Å². The number of nitrogens with zero attached hydrogens (tertiary/aromatic N) is 5. The van der Waals surface area contributed by atoms with Crippen molar-refractivity contribution in [2.24, 2.45) is 0 Å². The van der Waals surface area contributed by atoms with Crippen LogP contribution in [0, 0.1) is 13.8 Å². The summed E-state index contributed by atoms with van der Waals surface area (Å²) >= 11 is 0. The van der Waals surface area contributed by atoms with E-state index in [9.17, 15) is 9.59 Å². The van der Waals surface area contributed by atoms with E-state index in [1.165, 1.54) is 0 Å². The number of para-hydroxylation sites is 1. The minimum atomic E-state index is -0.258. The number of hydrogen-bond donors (Lipinski definition) is 0. The molecule has 0 radical (unpaired) electrons. The van der Waals surface area contributed by atoms with Crippen LogP contribution >= 0.6 is 0 Å². The molecule has 1 atom stereocenters. The Morgan fingerprint density at radius 1 is 1.12 bits per heavy atom. The van der Waals surface area contributed by atoms with Gasteiger partial charge in [0, 0.05) is 50.4 Å².